The van der Waals surface area contributed by atoms with E-state index in [2.05, 4.69) is 20.2 Å². The summed E-state index contributed by atoms with van der Waals surface area (Å²) in [4.78, 5) is 30.6. The second kappa shape index (κ2) is 3.93. The third-order valence-corrected chi connectivity index (χ3v) is 2.30. The molecule has 0 fully saturated rings. The van der Waals surface area contributed by atoms with E-state index in [1.807, 2.05) is 0 Å². The molecule has 88 valence electrons. The van der Waals surface area contributed by atoms with Gasteiger partial charge in [-0.25, -0.2) is 9.97 Å². The summed E-state index contributed by atoms with van der Waals surface area (Å²) in [6, 6.07) is 1.79. The van der Waals surface area contributed by atoms with Gasteiger partial charge < -0.3 is 0 Å². The number of nitroso groups, excluding NO2 is 1. The van der Waals surface area contributed by atoms with Gasteiger partial charge in [0, 0.05) is 11.4 Å². The average molecular weight is 233 g/mol. The molecule has 0 bridgehead atoms. The summed E-state index contributed by atoms with van der Waals surface area (Å²) in [5, 5.41) is 5.41. The molecule has 0 aromatic carbocycles. The van der Waals surface area contributed by atoms with Gasteiger partial charge in [0.1, 0.15) is 0 Å². The molecule has 1 N–H and O–H groups in total. The van der Waals surface area contributed by atoms with Crippen LogP contribution in [0.1, 0.15) is 17.1 Å². The summed E-state index contributed by atoms with van der Waals surface area (Å²) in [5.74, 6) is 0.213. The van der Waals surface area contributed by atoms with E-state index in [1.54, 1.807) is 26.8 Å². The van der Waals surface area contributed by atoms with Crippen molar-refractivity contribution in [3.8, 4) is 5.95 Å². The smallest absolute Gasteiger partial charge is 0.290 e. The fraction of sp³-hybridized carbons (Fsp3) is 0.300. The summed E-state index contributed by atoms with van der Waals surface area (Å²) in [5.41, 5.74) is 1.20. The molecule has 7 nitrogen and oxygen atoms in total. The highest BCUT2D eigenvalue weighted by Gasteiger charge is 2.14. The standard InChI is InChI=1S/C10H11N5O2/c1-5-4-6(2)12-10(11-5)15-9(16)8(14-17)7(3)13-15/h4,13H,1-3H3. The molecular weight excluding hydrogens is 222 g/mol. The van der Waals surface area contributed by atoms with Crippen LogP contribution < -0.4 is 5.56 Å². The van der Waals surface area contributed by atoms with Gasteiger partial charge in [0.05, 0.1) is 5.69 Å². The highest BCUT2D eigenvalue weighted by Crippen LogP contribution is 2.11. The van der Waals surface area contributed by atoms with Gasteiger partial charge in [0.25, 0.3) is 5.95 Å². The van der Waals surface area contributed by atoms with Crippen LogP contribution >= 0.6 is 0 Å². The Morgan fingerprint density at radius 3 is 2.29 bits per heavy atom. The second-order valence-corrected chi connectivity index (χ2v) is 3.77. The summed E-state index contributed by atoms with van der Waals surface area (Å²) < 4.78 is 1.12. The maximum atomic E-state index is 11.8. The van der Waals surface area contributed by atoms with Crippen molar-refractivity contribution in [1.29, 1.82) is 0 Å². The lowest BCUT2D eigenvalue weighted by atomic mass is 10.4. The van der Waals surface area contributed by atoms with Crippen LogP contribution in [0.2, 0.25) is 0 Å². The Labute approximate surface area is 96.5 Å². The quantitative estimate of drug-likeness (QED) is 0.790. The summed E-state index contributed by atoms with van der Waals surface area (Å²) >= 11 is 0. The highest BCUT2D eigenvalue weighted by molar-refractivity contribution is 5.40. The van der Waals surface area contributed by atoms with Crippen molar-refractivity contribution in [2.75, 3.05) is 0 Å². The molecule has 2 aromatic rings. The second-order valence-electron chi connectivity index (χ2n) is 3.77. The van der Waals surface area contributed by atoms with Gasteiger partial charge >= 0.3 is 5.56 Å². The van der Waals surface area contributed by atoms with Gasteiger partial charge in [0.15, 0.2) is 5.69 Å². The normalized spacial score (nSPS) is 10.5. The summed E-state index contributed by atoms with van der Waals surface area (Å²) in [7, 11) is 0. The minimum atomic E-state index is -0.539. The van der Waals surface area contributed by atoms with Gasteiger partial charge in [0.2, 0.25) is 0 Å². The zero-order valence-electron chi connectivity index (χ0n) is 9.68. The maximum absolute atomic E-state index is 11.8. The number of aromatic nitrogens is 4. The van der Waals surface area contributed by atoms with Crippen molar-refractivity contribution in [2.45, 2.75) is 20.8 Å². The Morgan fingerprint density at radius 2 is 1.82 bits per heavy atom. The number of rotatable bonds is 2. The highest BCUT2D eigenvalue weighted by atomic mass is 16.3. The van der Waals surface area contributed by atoms with E-state index in [1.165, 1.54) is 0 Å². The molecule has 2 heterocycles. The van der Waals surface area contributed by atoms with E-state index in [0.717, 1.165) is 16.1 Å². The predicted octanol–water partition coefficient (Wildman–Crippen LogP) is 1.28. The molecule has 2 rings (SSSR count). The Balaban J connectivity index is 2.69. The molecule has 7 heteroatoms. The van der Waals surface area contributed by atoms with Crippen molar-refractivity contribution in [1.82, 2.24) is 19.7 Å². The van der Waals surface area contributed by atoms with Gasteiger partial charge in [-0.05, 0) is 32.0 Å². The minimum absolute atomic E-state index is 0.146. The SMILES string of the molecule is Cc1cc(C)nc(-n2[nH]c(C)c(N=O)c2=O)n1. The van der Waals surface area contributed by atoms with Crippen LogP contribution in [0.4, 0.5) is 5.69 Å². The van der Waals surface area contributed by atoms with Crippen molar-refractivity contribution >= 4 is 5.69 Å². The summed E-state index contributed by atoms with van der Waals surface area (Å²) in [6.45, 7) is 5.20. The molecular formula is C10H11N5O2. The molecule has 0 saturated heterocycles. The third kappa shape index (κ3) is 1.86. The fourth-order valence-corrected chi connectivity index (χ4v) is 1.59. The largest absolute Gasteiger partial charge is 0.303 e. The van der Waals surface area contributed by atoms with Gasteiger partial charge in [-0.15, -0.1) is 4.91 Å². The molecule has 0 aliphatic heterocycles. The lowest BCUT2D eigenvalue weighted by molar-refractivity contribution is 0.763. The summed E-state index contributed by atoms with van der Waals surface area (Å²) in [6.07, 6.45) is 0. The fourth-order valence-electron chi connectivity index (χ4n) is 1.59. The third-order valence-electron chi connectivity index (χ3n) is 2.30. The Bertz CT molecular complexity index is 620. The van der Waals surface area contributed by atoms with E-state index < -0.39 is 5.56 Å². The Kier molecular flexibility index (Phi) is 2.58. The number of nitrogens with one attached hydrogen (secondary N) is 1. The number of H-pyrrole nitrogens is 1. The predicted molar refractivity (Wildman–Crippen MR) is 61.6 cm³/mol. The van der Waals surface area contributed by atoms with Crippen LogP contribution in [0, 0.1) is 25.7 Å². The molecule has 2 aromatic heterocycles. The topological polar surface area (TPSA) is 93.0 Å². The molecule has 0 atom stereocenters. The van der Waals surface area contributed by atoms with Gasteiger partial charge in [-0.2, -0.15) is 4.68 Å². The van der Waals surface area contributed by atoms with Crippen molar-refractivity contribution in [3.63, 3.8) is 0 Å². The van der Waals surface area contributed by atoms with Gasteiger partial charge in [-0.1, -0.05) is 0 Å². The van der Waals surface area contributed by atoms with Crippen LogP contribution in [0.5, 0.6) is 0 Å². The molecule has 0 amide bonds. The van der Waals surface area contributed by atoms with Crippen molar-refractivity contribution in [2.24, 2.45) is 5.18 Å². The lowest BCUT2D eigenvalue weighted by Gasteiger charge is -2.02. The number of hydrogen-bond acceptors (Lipinski definition) is 5. The van der Waals surface area contributed by atoms with E-state index in [4.69, 9.17) is 0 Å². The molecule has 17 heavy (non-hydrogen) atoms. The van der Waals surface area contributed by atoms with E-state index >= 15 is 0 Å². The molecule has 0 radical (unpaired) electrons. The minimum Gasteiger partial charge on any atom is -0.290 e. The van der Waals surface area contributed by atoms with Crippen LogP contribution in [-0.2, 0) is 0 Å². The molecule has 0 unspecified atom stereocenters. The van der Waals surface area contributed by atoms with Gasteiger partial charge in [-0.3, -0.25) is 9.89 Å². The van der Waals surface area contributed by atoms with Crippen LogP contribution in [-0.4, -0.2) is 19.7 Å². The monoisotopic (exact) mass is 233 g/mol. The lowest BCUT2D eigenvalue weighted by Crippen LogP contribution is -2.17. The zero-order valence-corrected chi connectivity index (χ0v) is 9.68. The molecule has 0 spiro atoms. The Hall–Kier alpha value is -2.31. The van der Waals surface area contributed by atoms with E-state index in [0.29, 0.717) is 5.69 Å². The van der Waals surface area contributed by atoms with E-state index in [9.17, 15) is 9.70 Å². The maximum Gasteiger partial charge on any atom is 0.303 e. The van der Waals surface area contributed by atoms with Crippen molar-refractivity contribution < 1.29 is 0 Å². The first kappa shape index (κ1) is 11.2. The van der Waals surface area contributed by atoms with Crippen LogP contribution in [0.3, 0.4) is 0 Å². The number of hydrogen-bond donors (Lipinski definition) is 1. The number of aromatic amines is 1. The molecule has 0 saturated carbocycles. The number of aryl methyl sites for hydroxylation is 3. The van der Waals surface area contributed by atoms with Crippen LogP contribution in [0.25, 0.3) is 5.95 Å². The first-order valence-corrected chi connectivity index (χ1v) is 5.00. The number of nitrogens with zero attached hydrogens (tertiary/aromatic N) is 4. The van der Waals surface area contributed by atoms with Crippen molar-refractivity contribution in [3.05, 3.63) is 38.4 Å². The van der Waals surface area contributed by atoms with E-state index in [-0.39, 0.29) is 11.6 Å². The molecule has 0 aliphatic carbocycles. The first-order chi connectivity index (χ1) is 8.02. The molecule has 0 aliphatic rings. The van der Waals surface area contributed by atoms with Crippen LogP contribution in [0.15, 0.2) is 16.0 Å². The Morgan fingerprint density at radius 1 is 1.24 bits per heavy atom. The first-order valence-electron chi connectivity index (χ1n) is 5.00. The zero-order chi connectivity index (χ0) is 12.6. The average Bonchev–Trinajstić information content (AvgIpc) is 2.52.